The molecule has 0 aromatic rings. The molecule has 9 heavy (non-hydrogen) atoms. The molecule has 0 rings (SSSR count). The molecule has 0 atom stereocenters. The molecule has 0 amide bonds. The molecule has 0 spiro atoms. The Hall–Kier alpha value is 0.480. The Morgan fingerprint density at radius 3 is 2.78 bits per heavy atom. The van der Waals surface area contributed by atoms with Crippen LogP contribution in [0.25, 0.3) is 0 Å². The van der Waals surface area contributed by atoms with Crippen molar-refractivity contribution >= 4 is 15.9 Å². The minimum atomic E-state index is -2.92. The van der Waals surface area contributed by atoms with Gasteiger partial charge in [-0.25, -0.2) is 0 Å². The maximum Gasteiger partial charge on any atom is 0.0266 e. The Labute approximate surface area is 77.0 Å². The summed E-state index contributed by atoms with van der Waals surface area (Å²) in [6.07, 6.45) is -3.03. The van der Waals surface area contributed by atoms with E-state index in [9.17, 15) is 0 Å². The van der Waals surface area contributed by atoms with Gasteiger partial charge in [0.1, 0.15) is 0 Å². The van der Waals surface area contributed by atoms with E-state index >= 15 is 0 Å². The van der Waals surface area contributed by atoms with Crippen molar-refractivity contribution in [2.45, 2.75) is 45.3 Å². The average molecular weight is 200 g/mol. The first-order chi connectivity index (χ1) is 7.06. The number of hydrogen-bond donors (Lipinski definition) is 0. The molecule has 0 fully saturated rings. The number of alkyl halides is 1. The van der Waals surface area contributed by atoms with Crippen LogP contribution in [0.1, 0.15) is 54.9 Å². The normalized spacial score (nSPS) is 26.1. The van der Waals surface area contributed by atoms with Crippen LogP contribution in [0.4, 0.5) is 0 Å². The van der Waals surface area contributed by atoms with E-state index in [4.69, 9.17) is 9.60 Å². The van der Waals surface area contributed by atoms with Gasteiger partial charge in [0.05, 0.1) is 0 Å². The molecule has 0 bridgehead atoms. The van der Waals surface area contributed by atoms with E-state index in [0.29, 0.717) is 6.42 Å². The van der Waals surface area contributed by atoms with E-state index in [1.54, 1.807) is 0 Å². The zero-order valence-corrected chi connectivity index (χ0v) is 7.00. The molecule has 0 radical (unpaired) electrons. The zero-order chi connectivity index (χ0) is 13.0. The van der Waals surface area contributed by atoms with Crippen LogP contribution >= 0.6 is 15.9 Å². The largest absolute Gasteiger partial charge is 0.0928 e. The van der Waals surface area contributed by atoms with Crippen molar-refractivity contribution in [3.8, 4) is 0 Å². The van der Waals surface area contributed by atoms with E-state index in [-0.39, 0.29) is 6.42 Å². The Morgan fingerprint density at radius 1 is 1.33 bits per heavy atom. The van der Waals surface area contributed by atoms with Crippen LogP contribution in [-0.2, 0) is 0 Å². The molecule has 0 aromatic carbocycles. The first-order valence-corrected chi connectivity index (χ1v) is 4.24. The fourth-order valence-corrected chi connectivity index (χ4v) is 0.944. The van der Waals surface area contributed by atoms with Gasteiger partial charge < -0.3 is 0 Å². The zero-order valence-electron chi connectivity index (χ0n) is 12.4. The SMILES string of the molecule is [2H]C([2H])([2H])C([2H])([2H])C([2H])([2H])CCCCCBr. The van der Waals surface area contributed by atoms with Crippen molar-refractivity contribution in [2.24, 2.45) is 0 Å². The third-order valence-corrected chi connectivity index (χ3v) is 1.58. The van der Waals surface area contributed by atoms with Crippen LogP contribution < -0.4 is 0 Å². The summed E-state index contributed by atoms with van der Waals surface area (Å²) < 4.78 is 50.9. The Morgan fingerprint density at radius 2 is 2.11 bits per heavy atom. The quantitative estimate of drug-likeness (QED) is 0.452. The number of rotatable bonds is 6. The van der Waals surface area contributed by atoms with Crippen molar-refractivity contribution < 1.29 is 9.60 Å². The first kappa shape index (κ1) is 2.84. The highest BCUT2D eigenvalue weighted by molar-refractivity contribution is 9.09. The predicted octanol–water partition coefficient (Wildman–Crippen LogP) is 3.74. The number of unbranched alkanes of at least 4 members (excludes halogenated alkanes) is 2. The van der Waals surface area contributed by atoms with Crippen LogP contribution in [0.15, 0.2) is 0 Å². The molecule has 56 valence electrons. The van der Waals surface area contributed by atoms with Gasteiger partial charge in [-0.1, -0.05) is 54.8 Å². The summed E-state index contributed by atoms with van der Waals surface area (Å²) in [7, 11) is 0. The molecule has 0 unspecified atom stereocenters. The van der Waals surface area contributed by atoms with Gasteiger partial charge in [-0.2, -0.15) is 0 Å². The summed E-state index contributed by atoms with van der Waals surface area (Å²) in [5.74, 6) is 0. The van der Waals surface area contributed by atoms with Crippen LogP contribution in [-0.4, -0.2) is 5.33 Å². The summed E-state index contributed by atoms with van der Waals surface area (Å²) in [5.41, 5.74) is 0. The van der Waals surface area contributed by atoms with Gasteiger partial charge in [-0.05, 0) is 6.42 Å². The molecule has 0 heterocycles. The maximum atomic E-state index is 7.54. The smallest absolute Gasteiger partial charge is 0.0266 e. The molecule has 0 saturated carbocycles. The van der Waals surface area contributed by atoms with Gasteiger partial charge in [-0.15, -0.1) is 0 Å². The monoisotopic (exact) mass is 199 g/mol. The van der Waals surface area contributed by atoms with E-state index in [1.165, 1.54) is 0 Å². The summed E-state index contributed by atoms with van der Waals surface area (Å²) in [6, 6.07) is 0. The highest BCUT2D eigenvalue weighted by Crippen LogP contribution is 2.05. The highest BCUT2D eigenvalue weighted by Gasteiger charge is 1.86. The molecule has 0 N–H and O–H groups in total. The van der Waals surface area contributed by atoms with E-state index in [0.717, 1.165) is 18.2 Å². The van der Waals surface area contributed by atoms with Crippen molar-refractivity contribution in [2.75, 3.05) is 5.33 Å². The average Bonchev–Trinajstić information content (AvgIpc) is 2.10. The number of hydrogen-bond acceptors (Lipinski definition) is 0. The molecule has 0 saturated heterocycles. The van der Waals surface area contributed by atoms with Crippen molar-refractivity contribution in [3.63, 3.8) is 0 Å². The van der Waals surface area contributed by atoms with Crippen LogP contribution in [0.5, 0.6) is 0 Å². The van der Waals surface area contributed by atoms with Crippen LogP contribution in [0, 0.1) is 0 Å². The first-order valence-electron chi connectivity index (χ1n) is 6.62. The molecule has 0 aliphatic heterocycles. The van der Waals surface area contributed by atoms with Gasteiger partial charge in [0, 0.05) is 14.9 Å². The molecule has 0 aromatic heterocycles. The molecule has 1 heteroatoms. The Kier molecular flexibility index (Phi) is 2.68. The second-order valence-corrected chi connectivity index (χ2v) is 2.59. The minimum Gasteiger partial charge on any atom is -0.0928 e. The second kappa shape index (κ2) is 8.48. The Balaban J connectivity index is 4.41. The third-order valence-electron chi connectivity index (χ3n) is 1.02. The van der Waals surface area contributed by atoms with E-state index < -0.39 is 19.6 Å². The van der Waals surface area contributed by atoms with Crippen molar-refractivity contribution in [1.29, 1.82) is 0 Å². The van der Waals surface area contributed by atoms with Crippen LogP contribution in [0.3, 0.4) is 0 Å². The fraction of sp³-hybridized carbons (Fsp3) is 1.00. The maximum absolute atomic E-state index is 7.54. The minimum absolute atomic E-state index is 0.0641. The van der Waals surface area contributed by atoms with Gasteiger partial charge in [-0.3, -0.25) is 0 Å². The lowest BCUT2D eigenvalue weighted by molar-refractivity contribution is 0.628. The van der Waals surface area contributed by atoms with E-state index in [2.05, 4.69) is 15.9 Å². The highest BCUT2D eigenvalue weighted by atomic mass is 79.9. The van der Waals surface area contributed by atoms with Crippen LogP contribution in [0.2, 0.25) is 0 Å². The molecular weight excluding hydrogens is 176 g/mol. The Bertz CT molecular complexity index is 211. The summed E-state index contributed by atoms with van der Waals surface area (Å²) >= 11 is 3.24. The van der Waals surface area contributed by atoms with Crippen molar-refractivity contribution in [1.82, 2.24) is 0 Å². The molecular formula is C8H17Br. The second-order valence-electron chi connectivity index (χ2n) is 1.80. The molecule has 0 aliphatic carbocycles. The summed E-state index contributed by atoms with van der Waals surface area (Å²) in [6.45, 7) is -2.92. The standard InChI is InChI=1S/C8H17Br/c1-2-3-4-5-6-7-8-9/h2-8H2,1H3/i1D3,2D2,3D2. The number of halogens is 1. The fourth-order valence-electron chi connectivity index (χ4n) is 0.547. The van der Waals surface area contributed by atoms with Crippen molar-refractivity contribution in [3.05, 3.63) is 0 Å². The topological polar surface area (TPSA) is 0 Å². The molecule has 0 aliphatic rings. The third kappa shape index (κ3) is 8.48. The summed E-state index contributed by atoms with van der Waals surface area (Å²) in [4.78, 5) is 0. The van der Waals surface area contributed by atoms with Gasteiger partial charge >= 0.3 is 0 Å². The lowest BCUT2D eigenvalue weighted by Crippen LogP contribution is -1.78. The predicted molar refractivity (Wildman–Crippen MR) is 47.2 cm³/mol. The van der Waals surface area contributed by atoms with Gasteiger partial charge in [0.25, 0.3) is 0 Å². The van der Waals surface area contributed by atoms with Gasteiger partial charge in [0.2, 0.25) is 0 Å². The van der Waals surface area contributed by atoms with E-state index in [1.807, 2.05) is 0 Å². The van der Waals surface area contributed by atoms with Gasteiger partial charge in [0.15, 0.2) is 0 Å². The molecule has 0 nitrogen and oxygen atoms in total. The lowest BCUT2D eigenvalue weighted by atomic mass is 10.1. The lowest BCUT2D eigenvalue weighted by Gasteiger charge is -1.95. The summed E-state index contributed by atoms with van der Waals surface area (Å²) in [5, 5.41) is 0.822.